The first-order valence-corrected chi connectivity index (χ1v) is 10.5. The van der Waals surface area contributed by atoms with Crippen molar-refractivity contribution in [2.24, 2.45) is 0 Å². The van der Waals surface area contributed by atoms with Crippen molar-refractivity contribution in [2.75, 3.05) is 33.2 Å². The van der Waals surface area contributed by atoms with Gasteiger partial charge in [-0.3, -0.25) is 9.48 Å². The normalized spacial score (nSPS) is 15.0. The predicted molar refractivity (Wildman–Crippen MR) is 118 cm³/mol. The van der Waals surface area contributed by atoms with Gasteiger partial charge in [-0.25, -0.2) is 4.98 Å². The van der Waals surface area contributed by atoms with Crippen molar-refractivity contribution < 1.29 is 9.32 Å². The zero-order valence-electron chi connectivity index (χ0n) is 17.7. The van der Waals surface area contributed by atoms with Crippen LogP contribution in [0.1, 0.15) is 17.3 Å². The third-order valence-corrected chi connectivity index (χ3v) is 5.74. The van der Waals surface area contributed by atoms with Crippen molar-refractivity contribution in [1.29, 1.82) is 0 Å². The molecule has 31 heavy (non-hydrogen) atoms. The molecular weight excluding hydrogens is 392 g/mol. The van der Waals surface area contributed by atoms with Gasteiger partial charge in [-0.1, -0.05) is 35.5 Å². The Kier molecular flexibility index (Phi) is 4.99. The van der Waals surface area contributed by atoms with Gasteiger partial charge in [0.1, 0.15) is 11.4 Å². The Bertz CT molecular complexity index is 1220. The number of aryl methyl sites for hydroxylation is 1. The number of hydrogen-bond acceptors (Lipinski definition) is 6. The highest BCUT2D eigenvalue weighted by Crippen LogP contribution is 2.33. The lowest BCUT2D eigenvalue weighted by atomic mass is 10.0. The zero-order chi connectivity index (χ0) is 21.4. The number of nitrogens with zero attached hydrogens (tertiary/aromatic N) is 6. The smallest absolute Gasteiger partial charge is 0.259 e. The van der Waals surface area contributed by atoms with Crippen molar-refractivity contribution in [1.82, 2.24) is 29.7 Å². The molecule has 0 atom stereocenters. The van der Waals surface area contributed by atoms with Crippen molar-refractivity contribution >= 4 is 17.0 Å². The van der Waals surface area contributed by atoms with Crippen LogP contribution in [0.3, 0.4) is 0 Å². The monoisotopic (exact) mass is 416 g/mol. The van der Waals surface area contributed by atoms with Crippen molar-refractivity contribution in [3.63, 3.8) is 0 Å². The molecule has 1 fully saturated rings. The van der Waals surface area contributed by atoms with E-state index in [2.05, 4.69) is 27.2 Å². The number of pyridine rings is 1. The van der Waals surface area contributed by atoms with Gasteiger partial charge < -0.3 is 14.3 Å². The van der Waals surface area contributed by atoms with E-state index in [0.29, 0.717) is 46.8 Å². The maximum absolute atomic E-state index is 13.6. The van der Waals surface area contributed by atoms with Crippen LogP contribution in [-0.4, -0.2) is 68.9 Å². The number of amides is 1. The maximum Gasteiger partial charge on any atom is 0.259 e. The Morgan fingerprint density at radius 3 is 2.55 bits per heavy atom. The van der Waals surface area contributed by atoms with E-state index in [-0.39, 0.29) is 5.91 Å². The molecule has 0 radical (unpaired) electrons. The second kappa shape index (κ2) is 7.96. The lowest BCUT2D eigenvalue weighted by Crippen LogP contribution is -2.47. The fraction of sp³-hybridized carbons (Fsp3) is 0.304. The molecule has 0 bridgehead atoms. The fourth-order valence-electron chi connectivity index (χ4n) is 3.90. The van der Waals surface area contributed by atoms with E-state index in [1.54, 1.807) is 0 Å². The van der Waals surface area contributed by atoms with Crippen LogP contribution in [0.4, 0.5) is 0 Å². The van der Waals surface area contributed by atoms with E-state index in [4.69, 9.17) is 4.52 Å². The van der Waals surface area contributed by atoms with Crippen LogP contribution in [0.15, 0.2) is 53.2 Å². The summed E-state index contributed by atoms with van der Waals surface area (Å²) in [5.74, 6) is -0.0305. The van der Waals surface area contributed by atoms with Gasteiger partial charge in [0.2, 0.25) is 0 Å². The average molecular weight is 416 g/mol. The van der Waals surface area contributed by atoms with Crippen LogP contribution in [0.5, 0.6) is 0 Å². The van der Waals surface area contributed by atoms with Crippen LogP contribution >= 0.6 is 0 Å². The van der Waals surface area contributed by atoms with Crippen LogP contribution < -0.4 is 0 Å². The molecule has 4 aromatic rings. The van der Waals surface area contributed by atoms with Gasteiger partial charge in [0.05, 0.1) is 16.6 Å². The zero-order valence-corrected chi connectivity index (χ0v) is 17.7. The van der Waals surface area contributed by atoms with Gasteiger partial charge in [0.25, 0.3) is 11.6 Å². The SMILES string of the molecule is CCn1ccc(-c2cc(C(=O)N3CCN(C)CC3)c3c(-c4ccccc4)noc3n2)n1. The lowest BCUT2D eigenvalue weighted by Gasteiger charge is -2.32. The number of benzene rings is 1. The van der Waals surface area contributed by atoms with Gasteiger partial charge in [0, 0.05) is 44.5 Å². The van der Waals surface area contributed by atoms with Crippen LogP contribution in [0, 0.1) is 0 Å². The minimum absolute atomic E-state index is 0.0305. The molecule has 4 heterocycles. The number of rotatable bonds is 4. The van der Waals surface area contributed by atoms with E-state index >= 15 is 0 Å². The number of piperazine rings is 1. The molecule has 0 unspecified atom stereocenters. The summed E-state index contributed by atoms with van der Waals surface area (Å²) in [6.07, 6.45) is 1.90. The minimum atomic E-state index is -0.0305. The first-order chi connectivity index (χ1) is 15.1. The highest BCUT2D eigenvalue weighted by Gasteiger charge is 2.27. The molecule has 8 nitrogen and oxygen atoms in total. The quantitative estimate of drug-likeness (QED) is 0.508. The fourth-order valence-corrected chi connectivity index (χ4v) is 3.90. The van der Waals surface area contributed by atoms with Crippen LogP contribution in [-0.2, 0) is 6.54 Å². The highest BCUT2D eigenvalue weighted by molar-refractivity contribution is 6.10. The standard InChI is InChI=1S/C23H24N6O2/c1-3-29-10-9-18(25-29)19-15-17(23(30)28-13-11-27(2)12-14-28)20-21(26-31-22(20)24-19)16-7-5-4-6-8-16/h4-10,15H,3,11-14H2,1-2H3. The second-order valence-corrected chi connectivity index (χ2v) is 7.78. The first kappa shape index (κ1) is 19.4. The summed E-state index contributed by atoms with van der Waals surface area (Å²) in [5, 5.41) is 9.48. The van der Waals surface area contributed by atoms with Crippen molar-refractivity contribution in [2.45, 2.75) is 13.5 Å². The number of hydrogen-bond donors (Lipinski definition) is 0. The highest BCUT2D eigenvalue weighted by atomic mass is 16.5. The molecule has 0 N–H and O–H groups in total. The van der Waals surface area contributed by atoms with E-state index in [0.717, 1.165) is 25.2 Å². The molecule has 0 spiro atoms. The third kappa shape index (κ3) is 3.59. The molecule has 5 rings (SSSR count). The molecule has 1 aliphatic rings. The molecular formula is C23H24N6O2. The Morgan fingerprint density at radius 1 is 1.06 bits per heavy atom. The molecule has 1 amide bonds. The van der Waals surface area contributed by atoms with Gasteiger partial charge in [0.15, 0.2) is 0 Å². The summed E-state index contributed by atoms with van der Waals surface area (Å²) in [5.41, 5.74) is 3.72. The maximum atomic E-state index is 13.6. The summed E-state index contributed by atoms with van der Waals surface area (Å²) in [7, 11) is 2.07. The van der Waals surface area contributed by atoms with Crippen molar-refractivity contribution in [3.05, 3.63) is 54.2 Å². The summed E-state index contributed by atoms with van der Waals surface area (Å²) < 4.78 is 7.45. The molecule has 8 heteroatoms. The molecule has 158 valence electrons. The van der Waals surface area contributed by atoms with E-state index < -0.39 is 0 Å². The van der Waals surface area contributed by atoms with Crippen molar-refractivity contribution in [3.8, 4) is 22.6 Å². The van der Waals surface area contributed by atoms with Gasteiger partial charge in [-0.05, 0) is 26.1 Å². The topological polar surface area (TPSA) is 80.3 Å². The molecule has 0 aliphatic carbocycles. The predicted octanol–water partition coefficient (Wildman–Crippen LogP) is 3.16. The Labute approximate surface area is 180 Å². The summed E-state index contributed by atoms with van der Waals surface area (Å²) in [6.45, 7) is 5.86. The van der Waals surface area contributed by atoms with Gasteiger partial charge >= 0.3 is 0 Å². The molecule has 1 saturated heterocycles. The number of aromatic nitrogens is 4. The number of carbonyl (C=O) groups is 1. The Balaban J connectivity index is 1.67. The summed E-state index contributed by atoms with van der Waals surface area (Å²) in [4.78, 5) is 22.4. The summed E-state index contributed by atoms with van der Waals surface area (Å²) in [6, 6.07) is 13.5. The van der Waals surface area contributed by atoms with E-state index in [1.165, 1.54) is 0 Å². The number of carbonyl (C=O) groups excluding carboxylic acids is 1. The van der Waals surface area contributed by atoms with Gasteiger partial charge in [-0.2, -0.15) is 5.10 Å². The summed E-state index contributed by atoms with van der Waals surface area (Å²) >= 11 is 0. The largest absolute Gasteiger partial charge is 0.336 e. The minimum Gasteiger partial charge on any atom is -0.336 e. The average Bonchev–Trinajstić information content (AvgIpc) is 3.46. The first-order valence-electron chi connectivity index (χ1n) is 10.5. The molecule has 3 aromatic heterocycles. The van der Waals surface area contributed by atoms with E-state index in [9.17, 15) is 4.79 Å². The molecule has 1 aromatic carbocycles. The van der Waals surface area contributed by atoms with Gasteiger partial charge in [-0.15, -0.1) is 0 Å². The number of fused-ring (bicyclic) bond motifs is 1. The van der Waals surface area contributed by atoms with Crippen LogP contribution in [0.2, 0.25) is 0 Å². The third-order valence-electron chi connectivity index (χ3n) is 5.74. The molecule has 0 saturated carbocycles. The lowest BCUT2D eigenvalue weighted by molar-refractivity contribution is 0.0666. The van der Waals surface area contributed by atoms with E-state index in [1.807, 2.05) is 65.2 Å². The number of likely N-dealkylation sites (N-methyl/N-ethyl adjacent to an activating group) is 1. The van der Waals surface area contributed by atoms with Crippen LogP contribution in [0.25, 0.3) is 33.7 Å². The Morgan fingerprint density at radius 2 is 1.84 bits per heavy atom. The Hall–Kier alpha value is -3.52. The molecule has 1 aliphatic heterocycles. The second-order valence-electron chi connectivity index (χ2n) is 7.78.